The number of allylic oxidation sites excluding steroid dienone is 2. The summed E-state index contributed by atoms with van der Waals surface area (Å²) < 4.78 is 51.0. The molecule has 4 unspecified atom stereocenters. The second-order valence-electron chi connectivity index (χ2n) is 35.3. The second kappa shape index (κ2) is 23.7. The van der Waals surface area contributed by atoms with Crippen LogP contribution in [0.15, 0.2) is 145 Å². The maximum atomic E-state index is 16.3. The van der Waals surface area contributed by atoms with Crippen LogP contribution in [0, 0.1) is 27.9 Å². The highest BCUT2D eigenvalue weighted by Gasteiger charge is 2.49. The molecule has 0 amide bonds. The first-order valence-corrected chi connectivity index (χ1v) is 33.9. The van der Waals surface area contributed by atoms with Crippen LogP contribution >= 0.6 is 0 Å². The number of hydrogen-bond donors (Lipinski definition) is 2. The number of hydrogen-bond acceptors (Lipinski definition) is 4. The van der Waals surface area contributed by atoms with Crippen molar-refractivity contribution in [3.63, 3.8) is 0 Å². The number of aromatic nitrogens is 2. The molecule has 0 spiro atoms. The maximum absolute atomic E-state index is 16.3. The van der Waals surface area contributed by atoms with Gasteiger partial charge in [0.25, 0.3) is 0 Å². The van der Waals surface area contributed by atoms with Gasteiger partial charge in [-0.3, -0.25) is 0 Å². The maximum Gasteiger partial charge on any atom is 0.218 e. The van der Waals surface area contributed by atoms with Crippen LogP contribution in [0.2, 0.25) is 0 Å². The molecule has 93 heavy (non-hydrogen) atoms. The van der Waals surface area contributed by atoms with E-state index < -0.39 is 46.5 Å². The number of rotatable bonds is 14. The molecule has 8 heteroatoms. The first-order valence-electron chi connectivity index (χ1n) is 33.9. The zero-order valence-electron chi connectivity index (χ0n) is 60.5. The summed E-state index contributed by atoms with van der Waals surface area (Å²) in [6.45, 7) is 53.2. The fourth-order valence-electron chi connectivity index (χ4n) is 15.1. The number of benzene rings is 7. The number of ether oxygens (including phenoxy) is 2. The quantitative estimate of drug-likeness (QED) is 0.106. The van der Waals surface area contributed by atoms with Gasteiger partial charge in [0.1, 0.15) is 29.2 Å². The molecule has 0 aliphatic heterocycles. The first-order chi connectivity index (χ1) is 42.7. The largest absolute Gasteiger partial charge is 0.505 e. The molecule has 1 aliphatic rings. The lowest BCUT2D eigenvalue weighted by atomic mass is 9.68. The van der Waals surface area contributed by atoms with Crippen LogP contribution in [-0.2, 0) is 31.8 Å². The van der Waals surface area contributed by atoms with E-state index in [4.69, 9.17) is 9.47 Å². The SMILES string of the molecule is CC(CC(C)OC1(O)C(c2cccc(F)c2)=CC(C(C)(C)CC(C)(C)C)=CC1n1c2ccc(C(C)(C)C)cc2c2cc(C(C)(C)C)ccc21)Oc1ccc(F)cc1-c1cc(C(C)(C)CC(C)(C)C)cc(-n2c3ccc(C(C)(C)C)cc3c3cc(C(C)(C)C)ccc32)c1O. The average molecular weight is 1260 g/mol. The normalized spacial score (nSPS) is 17.4. The molecule has 1 aliphatic carbocycles. The molecule has 2 N–H and O–H groups in total. The summed E-state index contributed by atoms with van der Waals surface area (Å²) in [5, 5.41) is 31.9. The molecule has 494 valence electrons. The highest BCUT2D eigenvalue weighted by molar-refractivity contribution is 6.11. The van der Waals surface area contributed by atoms with Crippen molar-refractivity contribution in [1.82, 2.24) is 9.13 Å². The van der Waals surface area contributed by atoms with E-state index in [9.17, 15) is 10.2 Å². The average Bonchev–Trinajstić information content (AvgIpc) is 1.64. The Morgan fingerprint density at radius 3 is 1.40 bits per heavy atom. The minimum atomic E-state index is -2.09. The van der Waals surface area contributed by atoms with E-state index in [0.29, 0.717) is 33.7 Å². The molecule has 6 nitrogen and oxygen atoms in total. The third-order valence-corrected chi connectivity index (χ3v) is 19.3. The molecular formula is C85H106F2N2O4. The summed E-state index contributed by atoms with van der Waals surface area (Å²) in [7, 11) is 0. The van der Waals surface area contributed by atoms with Gasteiger partial charge < -0.3 is 28.8 Å². The van der Waals surface area contributed by atoms with Crippen LogP contribution in [0.5, 0.6) is 11.5 Å². The first kappa shape index (κ1) is 68.8. The van der Waals surface area contributed by atoms with E-state index in [2.05, 4.69) is 246 Å². The lowest BCUT2D eigenvalue weighted by Crippen LogP contribution is -2.47. The van der Waals surface area contributed by atoms with Gasteiger partial charge in [0.05, 0.1) is 28.9 Å². The highest BCUT2D eigenvalue weighted by atomic mass is 19.1. The Balaban J connectivity index is 1.12. The van der Waals surface area contributed by atoms with E-state index in [1.165, 1.54) is 46.5 Å². The van der Waals surface area contributed by atoms with Gasteiger partial charge in [-0.1, -0.05) is 195 Å². The standard InChI is InChI=1S/C85H106F2N2O4/c1-51(92-74-37-32-61(87)48-66(74)67-44-58(83(21,22)49-77(3,4)5)46-73(76(67)90)88-69-33-28-54(79(9,10)11)40-62(69)63-41-55(80(12,13)14)29-34-70(63)88)38-52(2)93-85(91)68(53-26-25-27-60(86)39-53)45-59(84(23,24)50-78(6,7)8)47-75(85)89-71-35-30-56(81(15,16)17)42-64(71)65-43-57(82(18,19)20)31-36-72(65)89/h25-37,39-48,51-52,75,90-91H,38,49-50H2,1-24H3. The molecule has 7 aromatic carbocycles. The number of halogens is 2. The molecule has 0 fully saturated rings. The zero-order valence-corrected chi connectivity index (χ0v) is 60.5. The fourth-order valence-corrected chi connectivity index (χ4v) is 15.1. The summed E-state index contributed by atoms with van der Waals surface area (Å²) in [5.41, 5.74) is 11.6. The van der Waals surface area contributed by atoms with E-state index in [1.54, 1.807) is 12.1 Å². The van der Waals surface area contributed by atoms with Crippen molar-refractivity contribution in [2.75, 3.05) is 0 Å². The Bertz CT molecular complexity index is 4260. The van der Waals surface area contributed by atoms with E-state index in [1.807, 2.05) is 32.1 Å². The van der Waals surface area contributed by atoms with Gasteiger partial charge in [-0.15, -0.1) is 0 Å². The number of aromatic hydroxyl groups is 1. The van der Waals surface area contributed by atoms with Gasteiger partial charge in [-0.05, 0) is 206 Å². The Kier molecular flexibility index (Phi) is 17.6. The molecule has 9 aromatic rings. The summed E-state index contributed by atoms with van der Waals surface area (Å²) in [6.07, 6.45) is 4.90. The van der Waals surface area contributed by atoms with Crippen LogP contribution in [0.4, 0.5) is 8.78 Å². The monoisotopic (exact) mass is 1260 g/mol. The molecular weight excluding hydrogens is 1150 g/mol. The molecule has 10 rings (SSSR count). The lowest BCUT2D eigenvalue weighted by Gasteiger charge is -2.45. The van der Waals surface area contributed by atoms with E-state index in [-0.39, 0.29) is 44.7 Å². The summed E-state index contributed by atoms with van der Waals surface area (Å²) in [5.74, 6) is -2.61. The Morgan fingerprint density at radius 2 is 0.935 bits per heavy atom. The van der Waals surface area contributed by atoms with Crippen LogP contribution in [0.3, 0.4) is 0 Å². The minimum absolute atomic E-state index is 0.00152. The molecule has 0 bridgehead atoms. The number of phenolic OH excluding ortho intramolecular Hbond substituents is 1. The van der Waals surface area contributed by atoms with Gasteiger partial charge in [-0.2, -0.15) is 0 Å². The summed E-state index contributed by atoms with van der Waals surface area (Å²) in [6, 6.07) is 41.1. The molecule has 0 saturated carbocycles. The van der Waals surface area contributed by atoms with Crippen molar-refractivity contribution in [1.29, 1.82) is 0 Å². The minimum Gasteiger partial charge on any atom is -0.505 e. The van der Waals surface area contributed by atoms with Gasteiger partial charge >= 0.3 is 0 Å². The molecule has 0 radical (unpaired) electrons. The Hall–Kier alpha value is -7.00. The topological polar surface area (TPSA) is 68.8 Å². The zero-order chi connectivity index (χ0) is 68.5. The van der Waals surface area contributed by atoms with Crippen LogP contribution in [-0.4, -0.2) is 37.3 Å². The fraction of sp³-hybridized carbons (Fsp3) is 0.459. The van der Waals surface area contributed by atoms with Gasteiger partial charge in [-0.25, -0.2) is 8.78 Å². The Labute approximate surface area is 555 Å². The molecule has 2 heterocycles. The number of fused-ring (bicyclic) bond motifs is 6. The van der Waals surface area contributed by atoms with Crippen molar-refractivity contribution in [3.05, 3.63) is 190 Å². The molecule has 2 aromatic heterocycles. The smallest absolute Gasteiger partial charge is 0.218 e. The molecule has 0 saturated heterocycles. The molecule has 4 atom stereocenters. The van der Waals surface area contributed by atoms with Crippen molar-refractivity contribution in [3.8, 4) is 28.3 Å². The van der Waals surface area contributed by atoms with Crippen LogP contribution < -0.4 is 4.74 Å². The predicted octanol–water partition coefficient (Wildman–Crippen LogP) is 23.4. The van der Waals surface area contributed by atoms with Crippen molar-refractivity contribution < 1.29 is 28.5 Å². The Morgan fingerprint density at radius 1 is 0.484 bits per heavy atom. The third-order valence-electron chi connectivity index (χ3n) is 19.3. The number of phenols is 1. The van der Waals surface area contributed by atoms with Crippen LogP contribution in [0.25, 0.3) is 66.0 Å². The predicted molar refractivity (Wildman–Crippen MR) is 389 cm³/mol. The summed E-state index contributed by atoms with van der Waals surface area (Å²) >= 11 is 0. The lowest BCUT2D eigenvalue weighted by molar-refractivity contribution is -0.206. The number of aliphatic hydroxyl groups is 1. The highest BCUT2D eigenvalue weighted by Crippen LogP contribution is 2.54. The van der Waals surface area contributed by atoms with Gasteiger partial charge in [0.15, 0.2) is 0 Å². The van der Waals surface area contributed by atoms with E-state index in [0.717, 1.165) is 67.6 Å². The second-order valence-corrected chi connectivity index (χ2v) is 35.3. The van der Waals surface area contributed by atoms with Crippen molar-refractivity contribution >= 4 is 49.2 Å². The van der Waals surface area contributed by atoms with Gasteiger partial charge in [0, 0.05) is 55.7 Å². The van der Waals surface area contributed by atoms with Crippen LogP contribution in [0.1, 0.15) is 225 Å². The van der Waals surface area contributed by atoms with E-state index >= 15 is 8.78 Å². The summed E-state index contributed by atoms with van der Waals surface area (Å²) in [4.78, 5) is 0. The van der Waals surface area contributed by atoms with Crippen molar-refractivity contribution in [2.45, 2.75) is 237 Å². The number of nitrogens with zero attached hydrogens (tertiary/aromatic N) is 2. The van der Waals surface area contributed by atoms with Crippen molar-refractivity contribution in [2.24, 2.45) is 16.2 Å². The van der Waals surface area contributed by atoms with Gasteiger partial charge in [0.2, 0.25) is 5.79 Å². The third kappa shape index (κ3) is 13.9.